The van der Waals surface area contributed by atoms with Gasteiger partial charge in [-0.25, -0.2) is 9.59 Å². The van der Waals surface area contributed by atoms with E-state index in [1.807, 2.05) is 0 Å². The summed E-state index contributed by atoms with van der Waals surface area (Å²) < 4.78 is 21.2. The summed E-state index contributed by atoms with van der Waals surface area (Å²) in [6.45, 7) is 3.48. The van der Waals surface area contributed by atoms with Crippen LogP contribution in [0.15, 0.2) is 59.8 Å². The summed E-state index contributed by atoms with van der Waals surface area (Å²) in [6.07, 6.45) is 0. The highest BCUT2D eigenvalue weighted by molar-refractivity contribution is 5.98. The molecule has 0 saturated carbocycles. The van der Waals surface area contributed by atoms with E-state index in [-0.39, 0.29) is 24.5 Å². The number of nitriles is 1. The standard InChI is InChI=1S/C26H28N2O6/c1-5-33-24(29)21-20(16-7-11-18(31-3)12-8-16)22(17-9-13-19(32-4)14-10-17)26(15-27,23(21)28)25(30)34-6-2/h7-14,20,22H,5-6,28H2,1-4H3/t20-,22+,26-/m0/s1. The highest BCUT2D eigenvalue weighted by Crippen LogP contribution is 2.59. The van der Waals surface area contributed by atoms with Crippen LogP contribution in [-0.4, -0.2) is 39.4 Å². The molecule has 0 bridgehead atoms. The molecule has 3 rings (SSSR count). The van der Waals surface area contributed by atoms with E-state index in [2.05, 4.69) is 6.07 Å². The van der Waals surface area contributed by atoms with Gasteiger partial charge in [0, 0.05) is 11.8 Å². The molecule has 0 fully saturated rings. The molecular formula is C26H28N2O6. The van der Waals surface area contributed by atoms with E-state index in [0.29, 0.717) is 22.6 Å². The Hall–Kier alpha value is -3.99. The number of rotatable bonds is 8. The summed E-state index contributed by atoms with van der Waals surface area (Å²) >= 11 is 0. The predicted molar refractivity (Wildman–Crippen MR) is 124 cm³/mol. The SMILES string of the molecule is CCOC(=O)C1=C(N)[C@@](C#N)(C(=O)OCC)[C@H](c2ccc(OC)cc2)[C@H]1c1ccc(OC)cc1. The van der Waals surface area contributed by atoms with Crippen molar-refractivity contribution in [2.45, 2.75) is 25.7 Å². The van der Waals surface area contributed by atoms with Gasteiger partial charge in [0.25, 0.3) is 0 Å². The van der Waals surface area contributed by atoms with Gasteiger partial charge in [-0.3, -0.25) is 0 Å². The Bertz CT molecular complexity index is 1120. The average molecular weight is 465 g/mol. The molecule has 1 aliphatic carbocycles. The first-order valence-electron chi connectivity index (χ1n) is 10.9. The number of hydrogen-bond acceptors (Lipinski definition) is 8. The van der Waals surface area contributed by atoms with E-state index in [0.717, 1.165) is 0 Å². The number of nitrogens with zero attached hydrogens (tertiary/aromatic N) is 1. The number of methoxy groups -OCH3 is 2. The maximum absolute atomic E-state index is 13.4. The summed E-state index contributed by atoms with van der Waals surface area (Å²) in [5.41, 5.74) is 5.78. The lowest BCUT2D eigenvalue weighted by Gasteiger charge is -2.32. The van der Waals surface area contributed by atoms with Crippen LogP contribution >= 0.6 is 0 Å². The number of benzene rings is 2. The summed E-state index contributed by atoms with van der Waals surface area (Å²) in [7, 11) is 3.09. The van der Waals surface area contributed by atoms with Crippen molar-refractivity contribution in [1.82, 2.24) is 0 Å². The summed E-state index contributed by atoms with van der Waals surface area (Å²) in [4.78, 5) is 26.5. The Morgan fingerprint density at radius 2 is 1.41 bits per heavy atom. The van der Waals surface area contributed by atoms with Crippen molar-refractivity contribution in [3.05, 3.63) is 70.9 Å². The van der Waals surface area contributed by atoms with Crippen LogP contribution in [0.3, 0.4) is 0 Å². The fourth-order valence-corrected chi connectivity index (χ4v) is 4.49. The van der Waals surface area contributed by atoms with Crippen LogP contribution in [0.2, 0.25) is 0 Å². The lowest BCUT2D eigenvalue weighted by molar-refractivity contribution is -0.151. The summed E-state index contributed by atoms with van der Waals surface area (Å²) in [6, 6.07) is 16.1. The highest BCUT2D eigenvalue weighted by Gasteiger charge is 2.62. The number of nitrogens with two attached hydrogens (primary N) is 1. The third-order valence-electron chi connectivity index (χ3n) is 6.04. The lowest BCUT2D eigenvalue weighted by atomic mass is 9.69. The van der Waals surface area contributed by atoms with Gasteiger partial charge in [-0.1, -0.05) is 24.3 Å². The normalized spacial score (nSPS) is 21.5. The Labute approximate surface area is 198 Å². The van der Waals surface area contributed by atoms with Gasteiger partial charge in [0.2, 0.25) is 5.41 Å². The molecule has 8 nitrogen and oxygen atoms in total. The first-order chi connectivity index (χ1) is 16.4. The second kappa shape index (κ2) is 10.3. The largest absolute Gasteiger partial charge is 0.497 e. The van der Waals surface area contributed by atoms with Crippen molar-refractivity contribution in [1.29, 1.82) is 5.26 Å². The molecule has 0 saturated heterocycles. The Morgan fingerprint density at radius 1 is 0.912 bits per heavy atom. The van der Waals surface area contributed by atoms with Crippen LogP contribution in [0.1, 0.15) is 36.8 Å². The fraction of sp³-hybridized carbons (Fsp3) is 0.346. The zero-order chi connectivity index (χ0) is 24.9. The van der Waals surface area contributed by atoms with Gasteiger partial charge in [0.15, 0.2) is 0 Å². The van der Waals surface area contributed by atoms with Crippen LogP contribution in [-0.2, 0) is 19.1 Å². The van der Waals surface area contributed by atoms with Crippen molar-refractivity contribution in [3.8, 4) is 17.6 Å². The third-order valence-corrected chi connectivity index (χ3v) is 6.04. The van der Waals surface area contributed by atoms with Crippen LogP contribution < -0.4 is 15.2 Å². The molecule has 178 valence electrons. The van der Waals surface area contributed by atoms with E-state index in [1.54, 1.807) is 76.6 Å². The average Bonchev–Trinajstić information content (AvgIpc) is 3.13. The molecule has 3 atom stereocenters. The minimum atomic E-state index is -1.93. The second-order valence-corrected chi connectivity index (χ2v) is 7.69. The van der Waals surface area contributed by atoms with Gasteiger partial charge in [-0.05, 0) is 49.2 Å². The first kappa shape index (κ1) is 24.6. The molecule has 2 N–H and O–H groups in total. The summed E-state index contributed by atoms with van der Waals surface area (Å²) in [5.74, 6) is -1.87. The quantitative estimate of drug-likeness (QED) is 0.590. The molecule has 1 aliphatic rings. The van der Waals surface area contributed by atoms with Gasteiger partial charge < -0.3 is 24.7 Å². The number of carbonyl (C=O) groups excluding carboxylic acids is 2. The molecule has 0 radical (unpaired) electrons. The molecule has 8 heteroatoms. The molecule has 0 aliphatic heterocycles. The van der Waals surface area contributed by atoms with Crippen molar-refractivity contribution < 1.29 is 28.5 Å². The minimum absolute atomic E-state index is 0.0484. The van der Waals surface area contributed by atoms with E-state index < -0.39 is 29.2 Å². The molecule has 2 aromatic rings. The third kappa shape index (κ3) is 4.05. The van der Waals surface area contributed by atoms with Crippen LogP contribution in [0, 0.1) is 16.7 Å². The van der Waals surface area contributed by atoms with Crippen LogP contribution in [0.5, 0.6) is 11.5 Å². The monoisotopic (exact) mass is 464 g/mol. The molecule has 0 spiro atoms. The molecule has 0 heterocycles. The van der Waals surface area contributed by atoms with Gasteiger partial charge in [0.05, 0.1) is 44.8 Å². The van der Waals surface area contributed by atoms with Crippen molar-refractivity contribution in [2.75, 3.05) is 27.4 Å². The van der Waals surface area contributed by atoms with Crippen molar-refractivity contribution in [3.63, 3.8) is 0 Å². The predicted octanol–water partition coefficient (Wildman–Crippen LogP) is 3.43. The smallest absolute Gasteiger partial charge is 0.336 e. The molecule has 0 aromatic heterocycles. The topological polar surface area (TPSA) is 121 Å². The molecular weight excluding hydrogens is 436 g/mol. The van der Waals surface area contributed by atoms with Crippen LogP contribution in [0.4, 0.5) is 0 Å². The Morgan fingerprint density at radius 3 is 1.85 bits per heavy atom. The minimum Gasteiger partial charge on any atom is -0.497 e. The molecule has 0 amide bonds. The highest BCUT2D eigenvalue weighted by atomic mass is 16.5. The second-order valence-electron chi connectivity index (χ2n) is 7.69. The van der Waals surface area contributed by atoms with Gasteiger partial charge in [-0.2, -0.15) is 5.26 Å². The maximum atomic E-state index is 13.4. The van der Waals surface area contributed by atoms with Crippen molar-refractivity contribution >= 4 is 11.9 Å². The maximum Gasteiger partial charge on any atom is 0.336 e. The number of esters is 2. The van der Waals surface area contributed by atoms with E-state index in [9.17, 15) is 14.9 Å². The van der Waals surface area contributed by atoms with E-state index in [1.165, 1.54) is 0 Å². The number of carbonyl (C=O) groups is 2. The Kier molecular flexibility index (Phi) is 7.47. The van der Waals surface area contributed by atoms with Gasteiger partial charge in [-0.15, -0.1) is 0 Å². The van der Waals surface area contributed by atoms with E-state index in [4.69, 9.17) is 24.7 Å². The zero-order valence-electron chi connectivity index (χ0n) is 19.7. The van der Waals surface area contributed by atoms with Crippen LogP contribution in [0.25, 0.3) is 0 Å². The molecule has 34 heavy (non-hydrogen) atoms. The zero-order valence-corrected chi connectivity index (χ0v) is 19.7. The Balaban J connectivity index is 2.34. The molecule has 0 unspecified atom stereocenters. The number of hydrogen-bond donors (Lipinski definition) is 1. The summed E-state index contributed by atoms with van der Waals surface area (Å²) in [5, 5.41) is 10.4. The van der Waals surface area contributed by atoms with Gasteiger partial charge in [0.1, 0.15) is 11.5 Å². The van der Waals surface area contributed by atoms with E-state index >= 15 is 0 Å². The fourth-order valence-electron chi connectivity index (χ4n) is 4.49. The first-order valence-corrected chi connectivity index (χ1v) is 10.9. The molecule has 2 aromatic carbocycles. The van der Waals surface area contributed by atoms with Crippen molar-refractivity contribution in [2.24, 2.45) is 11.1 Å². The lowest BCUT2D eigenvalue weighted by Crippen LogP contribution is -2.40. The number of ether oxygens (including phenoxy) is 4. The van der Waals surface area contributed by atoms with Gasteiger partial charge >= 0.3 is 11.9 Å².